The predicted molar refractivity (Wildman–Crippen MR) is 49.6 cm³/mol. The standard InChI is InChI=1S/C10H16O/c1-4-7-10(2)8-5-6-9-11-3/h4-8H,9H2,1-3H3. The van der Waals surface area contributed by atoms with Crippen LogP contribution >= 0.6 is 0 Å². The molecular weight excluding hydrogens is 136 g/mol. The van der Waals surface area contributed by atoms with Gasteiger partial charge >= 0.3 is 0 Å². The lowest BCUT2D eigenvalue weighted by molar-refractivity contribution is 0.234. The Bertz CT molecular complexity index is 164. The van der Waals surface area contributed by atoms with Crippen LogP contribution in [0.4, 0.5) is 0 Å². The van der Waals surface area contributed by atoms with Gasteiger partial charge in [0.05, 0.1) is 6.61 Å². The average molecular weight is 152 g/mol. The van der Waals surface area contributed by atoms with Crippen molar-refractivity contribution in [3.8, 4) is 0 Å². The lowest BCUT2D eigenvalue weighted by Gasteiger charge is -1.87. The molecule has 1 heteroatoms. The summed E-state index contributed by atoms with van der Waals surface area (Å²) in [6.07, 6.45) is 10.1. The summed E-state index contributed by atoms with van der Waals surface area (Å²) in [5.74, 6) is 0. The molecule has 0 aromatic heterocycles. The largest absolute Gasteiger partial charge is 0.381 e. The van der Waals surface area contributed by atoms with Crippen LogP contribution < -0.4 is 0 Å². The smallest absolute Gasteiger partial charge is 0.0646 e. The van der Waals surface area contributed by atoms with E-state index in [0.717, 1.165) is 0 Å². The molecule has 0 rings (SSSR count). The molecule has 0 amide bonds. The Morgan fingerprint density at radius 2 is 2.18 bits per heavy atom. The van der Waals surface area contributed by atoms with E-state index < -0.39 is 0 Å². The molecule has 0 bridgehead atoms. The van der Waals surface area contributed by atoms with Crippen LogP contribution in [0.15, 0.2) is 36.0 Å². The molecule has 0 N–H and O–H groups in total. The van der Waals surface area contributed by atoms with Crippen LogP contribution in [0.5, 0.6) is 0 Å². The van der Waals surface area contributed by atoms with Crippen molar-refractivity contribution in [1.29, 1.82) is 0 Å². The SMILES string of the molecule is CC=CC(C)=CC=CCOC. The van der Waals surface area contributed by atoms with Crippen molar-refractivity contribution >= 4 is 0 Å². The van der Waals surface area contributed by atoms with E-state index in [1.807, 2.05) is 25.2 Å². The Morgan fingerprint density at radius 3 is 2.73 bits per heavy atom. The lowest BCUT2D eigenvalue weighted by Crippen LogP contribution is -1.78. The van der Waals surface area contributed by atoms with E-state index in [-0.39, 0.29) is 0 Å². The van der Waals surface area contributed by atoms with Crippen molar-refractivity contribution < 1.29 is 4.74 Å². The van der Waals surface area contributed by atoms with Crippen LogP contribution in [0.2, 0.25) is 0 Å². The van der Waals surface area contributed by atoms with Gasteiger partial charge in [0.25, 0.3) is 0 Å². The number of hydrogen-bond donors (Lipinski definition) is 0. The van der Waals surface area contributed by atoms with Gasteiger partial charge in [0.1, 0.15) is 0 Å². The Hall–Kier alpha value is -0.820. The van der Waals surface area contributed by atoms with E-state index in [2.05, 4.69) is 19.1 Å². The highest BCUT2D eigenvalue weighted by Crippen LogP contribution is 1.94. The van der Waals surface area contributed by atoms with Crippen LogP contribution in [0, 0.1) is 0 Å². The first-order valence-corrected chi connectivity index (χ1v) is 3.76. The third kappa shape index (κ3) is 7.07. The number of allylic oxidation sites excluding steroid dienone is 5. The molecular formula is C10H16O. The Kier molecular flexibility index (Phi) is 6.75. The molecule has 0 spiro atoms. The summed E-state index contributed by atoms with van der Waals surface area (Å²) in [5, 5.41) is 0. The first kappa shape index (κ1) is 10.2. The fourth-order valence-corrected chi connectivity index (χ4v) is 0.690. The molecule has 0 aromatic carbocycles. The second kappa shape index (κ2) is 7.29. The van der Waals surface area contributed by atoms with Gasteiger partial charge in [-0.25, -0.2) is 0 Å². The quantitative estimate of drug-likeness (QED) is 0.563. The van der Waals surface area contributed by atoms with Gasteiger partial charge in [-0.1, -0.05) is 36.0 Å². The Morgan fingerprint density at radius 1 is 1.45 bits per heavy atom. The molecule has 0 unspecified atom stereocenters. The second-order valence-corrected chi connectivity index (χ2v) is 2.29. The molecule has 0 aliphatic heterocycles. The fourth-order valence-electron chi connectivity index (χ4n) is 0.690. The van der Waals surface area contributed by atoms with Crippen LogP contribution in [-0.4, -0.2) is 13.7 Å². The number of rotatable bonds is 4. The molecule has 11 heavy (non-hydrogen) atoms. The Balaban J connectivity index is 3.71. The van der Waals surface area contributed by atoms with Crippen molar-refractivity contribution in [3.63, 3.8) is 0 Å². The van der Waals surface area contributed by atoms with Gasteiger partial charge in [-0.3, -0.25) is 0 Å². The van der Waals surface area contributed by atoms with E-state index in [1.54, 1.807) is 7.11 Å². The van der Waals surface area contributed by atoms with Gasteiger partial charge in [0, 0.05) is 7.11 Å². The molecule has 0 radical (unpaired) electrons. The van der Waals surface area contributed by atoms with Gasteiger partial charge in [-0.15, -0.1) is 0 Å². The monoisotopic (exact) mass is 152 g/mol. The minimum atomic E-state index is 0.680. The van der Waals surface area contributed by atoms with E-state index >= 15 is 0 Å². The molecule has 0 fully saturated rings. The summed E-state index contributed by atoms with van der Waals surface area (Å²) in [6, 6.07) is 0. The van der Waals surface area contributed by atoms with Crippen molar-refractivity contribution in [3.05, 3.63) is 36.0 Å². The molecule has 0 aliphatic carbocycles. The van der Waals surface area contributed by atoms with Crippen LogP contribution in [0.3, 0.4) is 0 Å². The van der Waals surface area contributed by atoms with Crippen LogP contribution in [0.1, 0.15) is 13.8 Å². The lowest BCUT2D eigenvalue weighted by atomic mass is 10.2. The zero-order valence-electron chi connectivity index (χ0n) is 7.50. The number of hydrogen-bond acceptors (Lipinski definition) is 1. The first-order valence-electron chi connectivity index (χ1n) is 3.76. The van der Waals surface area contributed by atoms with Crippen molar-refractivity contribution in [1.82, 2.24) is 0 Å². The molecule has 1 nitrogen and oxygen atoms in total. The van der Waals surface area contributed by atoms with Gasteiger partial charge in [-0.2, -0.15) is 0 Å². The van der Waals surface area contributed by atoms with Crippen LogP contribution in [0.25, 0.3) is 0 Å². The number of methoxy groups -OCH3 is 1. The highest BCUT2D eigenvalue weighted by molar-refractivity contribution is 5.20. The molecule has 62 valence electrons. The maximum atomic E-state index is 4.85. The minimum Gasteiger partial charge on any atom is -0.381 e. The summed E-state index contributed by atoms with van der Waals surface area (Å²) in [7, 11) is 1.69. The van der Waals surface area contributed by atoms with Gasteiger partial charge in [0.2, 0.25) is 0 Å². The van der Waals surface area contributed by atoms with Gasteiger partial charge in [-0.05, 0) is 13.8 Å². The first-order chi connectivity index (χ1) is 5.31. The summed E-state index contributed by atoms with van der Waals surface area (Å²) in [4.78, 5) is 0. The van der Waals surface area contributed by atoms with Gasteiger partial charge < -0.3 is 4.74 Å². The van der Waals surface area contributed by atoms with Crippen molar-refractivity contribution in [2.75, 3.05) is 13.7 Å². The molecule has 0 saturated heterocycles. The summed E-state index contributed by atoms with van der Waals surface area (Å²) >= 11 is 0. The molecule has 0 aliphatic rings. The molecule has 0 saturated carbocycles. The highest BCUT2D eigenvalue weighted by Gasteiger charge is 1.75. The third-order valence-electron chi connectivity index (χ3n) is 1.19. The van der Waals surface area contributed by atoms with Crippen LogP contribution in [-0.2, 0) is 4.74 Å². The molecule has 0 aromatic rings. The fraction of sp³-hybridized carbons (Fsp3) is 0.400. The maximum absolute atomic E-state index is 4.85. The van der Waals surface area contributed by atoms with Crippen molar-refractivity contribution in [2.24, 2.45) is 0 Å². The summed E-state index contributed by atoms with van der Waals surface area (Å²) in [6.45, 7) is 4.76. The zero-order valence-corrected chi connectivity index (χ0v) is 7.50. The predicted octanol–water partition coefficient (Wildman–Crippen LogP) is 2.71. The third-order valence-corrected chi connectivity index (χ3v) is 1.19. The summed E-state index contributed by atoms with van der Waals surface area (Å²) < 4.78 is 4.85. The van der Waals surface area contributed by atoms with Gasteiger partial charge in [0.15, 0.2) is 0 Å². The Labute approximate surface area is 69.1 Å². The minimum absolute atomic E-state index is 0.680. The normalized spacial score (nSPS) is 13.5. The van der Waals surface area contributed by atoms with E-state index in [0.29, 0.717) is 6.61 Å². The zero-order chi connectivity index (χ0) is 8.53. The highest BCUT2D eigenvalue weighted by atomic mass is 16.5. The van der Waals surface area contributed by atoms with E-state index in [9.17, 15) is 0 Å². The van der Waals surface area contributed by atoms with E-state index in [4.69, 9.17) is 4.74 Å². The number of ether oxygens (including phenoxy) is 1. The van der Waals surface area contributed by atoms with E-state index in [1.165, 1.54) is 5.57 Å². The summed E-state index contributed by atoms with van der Waals surface area (Å²) in [5.41, 5.74) is 1.25. The van der Waals surface area contributed by atoms with Crippen molar-refractivity contribution in [2.45, 2.75) is 13.8 Å². The maximum Gasteiger partial charge on any atom is 0.0646 e. The second-order valence-electron chi connectivity index (χ2n) is 2.29. The molecule has 0 atom stereocenters. The topological polar surface area (TPSA) is 9.23 Å². The average Bonchev–Trinajstić information content (AvgIpc) is 1.99. The molecule has 0 heterocycles.